The van der Waals surface area contributed by atoms with E-state index >= 15 is 0 Å². The quantitative estimate of drug-likeness (QED) is 0.153. The second-order valence-electron chi connectivity index (χ2n) is 16.1. The lowest BCUT2D eigenvalue weighted by molar-refractivity contribution is 0.670. The number of furan rings is 2. The van der Waals surface area contributed by atoms with Crippen LogP contribution in [0.4, 0.5) is 17.1 Å². The number of benzene rings is 10. The largest absolute Gasteiger partial charge is 0.455 e. The van der Waals surface area contributed by atoms with Gasteiger partial charge in [-0.15, -0.1) is 0 Å². The summed E-state index contributed by atoms with van der Waals surface area (Å²) in [5.74, 6) is 0. The number of para-hydroxylation sites is 5. The molecule has 0 aliphatic rings. The van der Waals surface area contributed by atoms with Crippen molar-refractivity contribution in [2.24, 2.45) is 0 Å². The van der Waals surface area contributed by atoms with E-state index in [1.54, 1.807) is 0 Å². The molecule has 0 aliphatic heterocycles. The number of anilines is 3. The van der Waals surface area contributed by atoms with Crippen molar-refractivity contribution < 1.29 is 8.83 Å². The van der Waals surface area contributed by atoms with Gasteiger partial charge in [-0.25, -0.2) is 0 Å². The van der Waals surface area contributed by atoms with Crippen LogP contribution in [0.5, 0.6) is 0 Å². The predicted molar refractivity (Wildman–Crippen MR) is 263 cm³/mol. The van der Waals surface area contributed by atoms with E-state index in [4.69, 9.17) is 8.83 Å². The number of hydrogen-bond acceptors (Lipinski definition) is 3. The van der Waals surface area contributed by atoms with Gasteiger partial charge in [0.2, 0.25) is 0 Å². The molecule has 0 amide bonds. The molecule has 3 heteroatoms. The van der Waals surface area contributed by atoms with Crippen molar-refractivity contribution >= 4 is 60.9 Å². The van der Waals surface area contributed by atoms with Crippen molar-refractivity contribution in [3.05, 3.63) is 237 Å². The van der Waals surface area contributed by atoms with Crippen molar-refractivity contribution in [3.8, 4) is 55.6 Å². The SMILES string of the molecule is c1ccc(-c2ccc(N(c3ccccc3)c3ccc(-c4ccc(-c5cc(-c6cccc7c6oc6ccccc67)cc(-c6cccc7c6oc6ccccc67)c5)cc4)cc3)cc2)cc1. The summed E-state index contributed by atoms with van der Waals surface area (Å²) in [5, 5.41) is 4.45. The molecule has 2 heterocycles. The van der Waals surface area contributed by atoms with Crippen LogP contribution >= 0.6 is 0 Å². The molecule has 296 valence electrons. The van der Waals surface area contributed by atoms with Gasteiger partial charge in [0.25, 0.3) is 0 Å². The van der Waals surface area contributed by atoms with Crippen LogP contribution < -0.4 is 4.90 Å². The smallest absolute Gasteiger partial charge is 0.143 e. The minimum Gasteiger partial charge on any atom is -0.455 e. The number of rotatable bonds is 8. The molecular weight excluding hydrogens is 767 g/mol. The lowest BCUT2D eigenvalue weighted by Crippen LogP contribution is -2.09. The van der Waals surface area contributed by atoms with Gasteiger partial charge in [0.15, 0.2) is 0 Å². The van der Waals surface area contributed by atoms with E-state index in [9.17, 15) is 0 Å². The second-order valence-corrected chi connectivity index (χ2v) is 16.1. The van der Waals surface area contributed by atoms with Crippen LogP contribution in [0, 0.1) is 0 Å². The van der Waals surface area contributed by atoms with E-state index in [1.807, 2.05) is 24.3 Å². The molecule has 2 aromatic heterocycles. The monoisotopic (exact) mass is 805 g/mol. The van der Waals surface area contributed by atoms with Crippen LogP contribution in [0.3, 0.4) is 0 Å². The van der Waals surface area contributed by atoms with Crippen molar-refractivity contribution in [1.82, 2.24) is 0 Å². The van der Waals surface area contributed by atoms with Gasteiger partial charge in [0, 0.05) is 49.7 Å². The van der Waals surface area contributed by atoms with Crippen molar-refractivity contribution in [3.63, 3.8) is 0 Å². The van der Waals surface area contributed by atoms with Gasteiger partial charge in [0.1, 0.15) is 22.3 Å². The van der Waals surface area contributed by atoms with Crippen LogP contribution in [0.15, 0.2) is 245 Å². The summed E-state index contributed by atoms with van der Waals surface area (Å²) < 4.78 is 13.2. The highest BCUT2D eigenvalue weighted by Crippen LogP contribution is 2.43. The Bertz CT molecular complexity index is 3450. The van der Waals surface area contributed by atoms with E-state index in [0.717, 1.165) is 105 Å². The number of hydrogen-bond donors (Lipinski definition) is 0. The minimum atomic E-state index is 0.886. The molecule has 12 aromatic rings. The molecule has 0 atom stereocenters. The summed E-state index contributed by atoms with van der Waals surface area (Å²) in [6, 6.07) is 84.0. The van der Waals surface area contributed by atoms with Crippen LogP contribution in [-0.2, 0) is 0 Å². The first kappa shape index (κ1) is 36.5. The summed E-state index contributed by atoms with van der Waals surface area (Å²) >= 11 is 0. The highest BCUT2D eigenvalue weighted by Gasteiger charge is 2.18. The highest BCUT2D eigenvalue weighted by atomic mass is 16.3. The van der Waals surface area contributed by atoms with Gasteiger partial charge in [-0.2, -0.15) is 0 Å². The van der Waals surface area contributed by atoms with Crippen LogP contribution in [-0.4, -0.2) is 0 Å². The third kappa shape index (κ3) is 6.55. The summed E-state index contributed by atoms with van der Waals surface area (Å²) in [6.07, 6.45) is 0. The topological polar surface area (TPSA) is 29.5 Å². The summed E-state index contributed by atoms with van der Waals surface area (Å²) in [6.45, 7) is 0. The molecule has 0 unspecified atom stereocenters. The summed E-state index contributed by atoms with van der Waals surface area (Å²) in [4.78, 5) is 2.31. The summed E-state index contributed by atoms with van der Waals surface area (Å²) in [5.41, 5.74) is 18.1. The van der Waals surface area contributed by atoms with E-state index in [0.29, 0.717) is 0 Å². The maximum atomic E-state index is 6.58. The second kappa shape index (κ2) is 15.3. The van der Waals surface area contributed by atoms with Gasteiger partial charge in [0.05, 0.1) is 0 Å². The zero-order chi connectivity index (χ0) is 41.7. The molecule has 0 bridgehead atoms. The number of nitrogens with zero attached hydrogens (tertiary/aromatic N) is 1. The fourth-order valence-electron chi connectivity index (χ4n) is 9.17. The Morgan fingerprint density at radius 1 is 0.238 bits per heavy atom. The average Bonchev–Trinajstić information content (AvgIpc) is 3.94. The first-order valence-corrected chi connectivity index (χ1v) is 21.4. The molecule has 0 fully saturated rings. The van der Waals surface area contributed by atoms with Crippen molar-refractivity contribution in [1.29, 1.82) is 0 Å². The molecule has 0 saturated heterocycles. The van der Waals surface area contributed by atoms with Crippen molar-refractivity contribution in [2.45, 2.75) is 0 Å². The zero-order valence-electron chi connectivity index (χ0n) is 34.3. The maximum absolute atomic E-state index is 6.58. The Balaban J connectivity index is 0.922. The van der Waals surface area contributed by atoms with E-state index in [-0.39, 0.29) is 0 Å². The van der Waals surface area contributed by atoms with Crippen LogP contribution in [0.2, 0.25) is 0 Å². The Hall–Kier alpha value is -8.40. The van der Waals surface area contributed by atoms with Crippen molar-refractivity contribution in [2.75, 3.05) is 4.90 Å². The third-order valence-electron chi connectivity index (χ3n) is 12.3. The molecule has 3 nitrogen and oxygen atoms in total. The maximum Gasteiger partial charge on any atom is 0.143 e. The molecule has 0 radical (unpaired) electrons. The normalized spacial score (nSPS) is 11.5. The minimum absolute atomic E-state index is 0.886. The first-order chi connectivity index (χ1) is 31.2. The molecule has 0 saturated carbocycles. The standard InChI is InChI=1S/C60H39NO2/c1-3-13-40(14-4-1)42-29-33-49(34-30-42)61(48-15-5-2-6-16-48)50-35-31-43(32-36-50)41-25-27-44(28-26-41)45-37-46(51-19-11-21-55-53-17-7-9-23-57(53)62-59(51)55)39-47(38-45)52-20-12-22-56-54-18-8-10-24-58(54)63-60(52)56/h1-39H. The zero-order valence-corrected chi connectivity index (χ0v) is 34.3. The fraction of sp³-hybridized carbons (Fsp3) is 0. The third-order valence-corrected chi connectivity index (χ3v) is 12.3. The highest BCUT2D eigenvalue weighted by molar-refractivity contribution is 6.11. The van der Waals surface area contributed by atoms with Gasteiger partial charge >= 0.3 is 0 Å². The lowest BCUT2D eigenvalue weighted by Gasteiger charge is -2.26. The molecule has 0 spiro atoms. The van der Waals surface area contributed by atoms with Gasteiger partial charge in [-0.3, -0.25) is 0 Å². The van der Waals surface area contributed by atoms with Gasteiger partial charge in [-0.1, -0.05) is 170 Å². The molecule has 0 aliphatic carbocycles. The van der Waals surface area contributed by atoms with Crippen LogP contribution in [0.25, 0.3) is 99.5 Å². The van der Waals surface area contributed by atoms with E-state index in [2.05, 4.69) is 217 Å². The predicted octanol–water partition coefficient (Wildman–Crippen LogP) is 17.3. The average molecular weight is 806 g/mol. The fourth-order valence-corrected chi connectivity index (χ4v) is 9.17. The molecule has 63 heavy (non-hydrogen) atoms. The molecule has 0 N–H and O–H groups in total. The summed E-state index contributed by atoms with van der Waals surface area (Å²) in [7, 11) is 0. The Morgan fingerprint density at radius 2 is 0.587 bits per heavy atom. The van der Waals surface area contributed by atoms with Crippen LogP contribution in [0.1, 0.15) is 0 Å². The molecular formula is C60H39NO2. The lowest BCUT2D eigenvalue weighted by atomic mass is 9.91. The first-order valence-electron chi connectivity index (χ1n) is 21.4. The Kier molecular flexibility index (Phi) is 8.83. The number of fused-ring (bicyclic) bond motifs is 6. The van der Waals surface area contributed by atoms with E-state index < -0.39 is 0 Å². The molecule has 12 rings (SSSR count). The Labute approximate surface area is 365 Å². The molecule has 10 aromatic carbocycles. The Morgan fingerprint density at radius 3 is 1.08 bits per heavy atom. The van der Waals surface area contributed by atoms with Gasteiger partial charge < -0.3 is 13.7 Å². The van der Waals surface area contributed by atoms with E-state index in [1.165, 1.54) is 11.1 Å². The van der Waals surface area contributed by atoms with Gasteiger partial charge in [-0.05, 0) is 111 Å².